The van der Waals surface area contributed by atoms with E-state index in [1.807, 2.05) is 6.07 Å². The molecule has 0 radical (unpaired) electrons. The SMILES string of the molecule is CS(=O)(=O)N1C=C(c2ccccc2)C2C(=O)C(=O)C=C(C#N)C21. The van der Waals surface area contributed by atoms with E-state index in [0.29, 0.717) is 11.1 Å². The molecule has 0 saturated carbocycles. The number of rotatable bonds is 2. The maximum atomic E-state index is 12.4. The lowest BCUT2D eigenvalue weighted by molar-refractivity contribution is -0.136. The molecule has 0 fully saturated rings. The Morgan fingerprint density at radius 1 is 1.17 bits per heavy atom. The number of fused-ring (bicyclic) bond motifs is 1. The molecule has 6 nitrogen and oxygen atoms in total. The number of ketones is 2. The van der Waals surface area contributed by atoms with Crippen molar-refractivity contribution in [3.63, 3.8) is 0 Å². The number of hydrogen-bond acceptors (Lipinski definition) is 5. The molecule has 0 bridgehead atoms. The van der Waals surface area contributed by atoms with E-state index < -0.39 is 33.5 Å². The monoisotopic (exact) mass is 328 g/mol. The first-order valence-corrected chi connectivity index (χ1v) is 8.65. The van der Waals surface area contributed by atoms with Gasteiger partial charge in [-0.15, -0.1) is 0 Å². The Hall–Kier alpha value is -2.72. The molecule has 0 saturated heterocycles. The van der Waals surface area contributed by atoms with Crippen molar-refractivity contribution in [1.82, 2.24) is 4.31 Å². The van der Waals surface area contributed by atoms with Crippen molar-refractivity contribution in [2.24, 2.45) is 5.92 Å². The average Bonchev–Trinajstić information content (AvgIpc) is 2.92. The normalized spacial score (nSPS) is 23.9. The van der Waals surface area contributed by atoms with Gasteiger partial charge in [-0.3, -0.25) is 13.9 Å². The number of carbonyl (C=O) groups excluding carboxylic acids is 2. The van der Waals surface area contributed by atoms with Crippen LogP contribution >= 0.6 is 0 Å². The zero-order valence-electron chi connectivity index (χ0n) is 12.1. The molecule has 0 spiro atoms. The third-order valence-electron chi connectivity index (χ3n) is 3.94. The van der Waals surface area contributed by atoms with Crippen LogP contribution in [0.5, 0.6) is 0 Å². The van der Waals surface area contributed by atoms with Crippen molar-refractivity contribution in [2.75, 3.05) is 6.26 Å². The van der Waals surface area contributed by atoms with Gasteiger partial charge >= 0.3 is 0 Å². The molecule has 2 unspecified atom stereocenters. The van der Waals surface area contributed by atoms with Gasteiger partial charge in [0.05, 0.1) is 29.9 Å². The highest BCUT2D eigenvalue weighted by atomic mass is 32.2. The summed E-state index contributed by atoms with van der Waals surface area (Å²) >= 11 is 0. The molecule has 0 amide bonds. The smallest absolute Gasteiger partial charge is 0.232 e. The van der Waals surface area contributed by atoms with Crippen LogP contribution in [-0.4, -0.2) is 36.6 Å². The summed E-state index contributed by atoms with van der Waals surface area (Å²) in [6.45, 7) is 0. The molecule has 1 aromatic carbocycles. The maximum absolute atomic E-state index is 12.4. The van der Waals surface area contributed by atoms with E-state index in [-0.39, 0.29) is 5.57 Å². The third kappa shape index (κ3) is 2.37. The van der Waals surface area contributed by atoms with Gasteiger partial charge in [0.1, 0.15) is 0 Å². The predicted octanol–water partition coefficient (Wildman–Crippen LogP) is 0.889. The van der Waals surface area contributed by atoms with Crippen molar-refractivity contribution in [1.29, 1.82) is 5.26 Å². The second-order valence-electron chi connectivity index (χ2n) is 5.41. The van der Waals surface area contributed by atoms with Crippen molar-refractivity contribution in [3.05, 3.63) is 53.7 Å². The summed E-state index contributed by atoms with van der Waals surface area (Å²) in [6.07, 6.45) is 3.29. The summed E-state index contributed by atoms with van der Waals surface area (Å²) in [5.41, 5.74) is 1.06. The van der Waals surface area contributed by atoms with E-state index in [2.05, 4.69) is 0 Å². The van der Waals surface area contributed by atoms with Crippen molar-refractivity contribution in [2.45, 2.75) is 6.04 Å². The fraction of sp³-hybridized carbons (Fsp3) is 0.188. The molecule has 1 aliphatic heterocycles. The second kappa shape index (κ2) is 5.18. The summed E-state index contributed by atoms with van der Waals surface area (Å²) in [5.74, 6) is -2.46. The summed E-state index contributed by atoms with van der Waals surface area (Å²) in [6, 6.07) is 9.62. The van der Waals surface area contributed by atoms with Crippen LogP contribution in [0, 0.1) is 17.2 Å². The second-order valence-corrected chi connectivity index (χ2v) is 7.29. The number of carbonyl (C=O) groups is 2. The first-order valence-electron chi connectivity index (χ1n) is 6.80. The first-order chi connectivity index (χ1) is 10.8. The van der Waals surface area contributed by atoms with Gasteiger partial charge < -0.3 is 0 Å². The van der Waals surface area contributed by atoms with Crippen LogP contribution in [-0.2, 0) is 19.6 Å². The van der Waals surface area contributed by atoms with Crippen LogP contribution in [0.25, 0.3) is 5.57 Å². The van der Waals surface area contributed by atoms with E-state index in [0.717, 1.165) is 16.6 Å². The zero-order chi connectivity index (χ0) is 16.8. The zero-order valence-corrected chi connectivity index (χ0v) is 12.9. The fourth-order valence-electron chi connectivity index (χ4n) is 2.95. The molecule has 1 heterocycles. The predicted molar refractivity (Wildman–Crippen MR) is 82.1 cm³/mol. The Labute approximate surface area is 133 Å². The van der Waals surface area contributed by atoms with E-state index >= 15 is 0 Å². The van der Waals surface area contributed by atoms with Crippen LogP contribution < -0.4 is 0 Å². The molecule has 116 valence electrons. The summed E-state index contributed by atoms with van der Waals surface area (Å²) < 4.78 is 25.1. The minimum atomic E-state index is -3.70. The fourth-order valence-corrected chi connectivity index (χ4v) is 3.90. The van der Waals surface area contributed by atoms with Gasteiger partial charge in [-0.2, -0.15) is 5.26 Å². The van der Waals surface area contributed by atoms with Gasteiger partial charge in [0.15, 0.2) is 0 Å². The molecule has 3 rings (SSSR count). The molecule has 7 heteroatoms. The van der Waals surface area contributed by atoms with Crippen molar-refractivity contribution < 1.29 is 18.0 Å². The van der Waals surface area contributed by atoms with Crippen LogP contribution in [0.15, 0.2) is 48.2 Å². The lowest BCUT2D eigenvalue weighted by Crippen LogP contribution is -2.44. The molecule has 1 aromatic rings. The lowest BCUT2D eigenvalue weighted by Gasteiger charge is -2.29. The molecular formula is C16H12N2O4S. The highest BCUT2D eigenvalue weighted by Crippen LogP contribution is 2.42. The number of hydrogen-bond donors (Lipinski definition) is 0. The Morgan fingerprint density at radius 3 is 2.39 bits per heavy atom. The van der Waals surface area contributed by atoms with Crippen LogP contribution in [0.2, 0.25) is 0 Å². The van der Waals surface area contributed by atoms with E-state index in [1.165, 1.54) is 6.20 Å². The number of nitrogens with zero attached hydrogens (tertiary/aromatic N) is 2. The largest absolute Gasteiger partial charge is 0.290 e. The summed E-state index contributed by atoms with van der Waals surface area (Å²) in [5, 5.41) is 9.26. The molecule has 1 aliphatic carbocycles. The van der Waals surface area contributed by atoms with Crippen LogP contribution in [0.3, 0.4) is 0 Å². The Morgan fingerprint density at radius 2 is 1.83 bits per heavy atom. The van der Waals surface area contributed by atoms with Crippen molar-refractivity contribution >= 4 is 27.2 Å². The standard InChI is InChI=1S/C16H12N2O4S/c1-23(21,22)18-9-12(10-5-3-2-4-6-10)14-15(18)11(8-17)7-13(19)16(14)20/h2-7,9,14-15H,1H3. The van der Waals surface area contributed by atoms with E-state index in [1.54, 1.807) is 30.3 Å². The van der Waals surface area contributed by atoms with Gasteiger partial charge in [0, 0.05) is 12.3 Å². The molecule has 23 heavy (non-hydrogen) atoms. The first kappa shape index (κ1) is 15.2. The van der Waals surface area contributed by atoms with Gasteiger partial charge in [0.2, 0.25) is 21.6 Å². The molecule has 0 N–H and O–H groups in total. The Balaban J connectivity index is 2.23. The number of benzene rings is 1. The topological polar surface area (TPSA) is 95.3 Å². The van der Waals surface area contributed by atoms with E-state index in [9.17, 15) is 23.3 Å². The number of sulfonamides is 1. The van der Waals surface area contributed by atoms with Gasteiger partial charge in [0.25, 0.3) is 0 Å². The van der Waals surface area contributed by atoms with Crippen molar-refractivity contribution in [3.8, 4) is 6.07 Å². The number of allylic oxidation sites excluding steroid dienone is 1. The third-order valence-corrected chi connectivity index (χ3v) is 5.04. The maximum Gasteiger partial charge on any atom is 0.232 e. The van der Waals surface area contributed by atoms with Gasteiger partial charge in [-0.05, 0) is 11.1 Å². The number of Topliss-reactive ketones (excluding diaryl/α,β-unsaturated/α-hetero) is 1. The molecule has 2 atom stereocenters. The van der Waals surface area contributed by atoms with Gasteiger partial charge in [-0.25, -0.2) is 8.42 Å². The molecule has 2 aliphatic rings. The quantitative estimate of drug-likeness (QED) is 0.751. The number of nitriles is 1. The highest BCUT2D eigenvalue weighted by molar-refractivity contribution is 7.88. The molecular weight excluding hydrogens is 316 g/mol. The minimum absolute atomic E-state index is 0.0211. The van der Waals surface area contributed by atoms with Gasteiger partial charge in [-0.1, -0.05) is 30.3 Å². The Bertz CT molecular complexity index is 907. The minimum Gasteiger partial charge on any atom is -0.290 e. The summed E-state index contributed by atoms with van der Waals surface area (Å²) in [4.78, 5) is 24.2. The van der Waals surface area contributed by atoms with E-state index in [4.69, 9.17) is 0 Å². The molecule has 0 aromatic heterocycles. The Kier molecular flexibility index (Phi) is 3.42. The highest BCUT2D eigenvalue weighted by Gasteiger charge is 2.49. The van der Waals surface area contributed by atoms with Crippen LogP contribution in [0.1, 0.15) is 5.56 Å². The lowest BCUT2D eigenvalue weighted by atomic mass is 9.78. The average molecular weight is 328 g/mol. The summed E-state index contributed by atoms with van der Waals surface area (Å²) in [7, 11) is -3.70. The van der Waals surface area contributed by atoms with Crippen LogP contribution in [0.4, 0.5) is 0 Å².